The third-order valence-electron chi connectivity index (χ3n) is 3.94. The molecule has 0 spiro atoms. The Kier molecular flexibility index (Phi) is 4.12. The predicted octanol–water partition coefficient (Wildman–Crippen LogP) is 1.98. The van der Waals surface area contributed by atoms with Gasteiger partial charge in [-0.25, -0.2) is 4.98 Å². The highest BCUT2D eigenvalue weighted by molar-refractivity contribution is 5.06. The lowest BCUT2D eigenvalue weighted by Gasteiger charge is -2.25. The molecule has 0 aliphatic carbocycles. The zero-order valence-electron chi connectivity index (χ0n) is 13.1. The molecule has 114 valence electrons. The fourth-order valence-electron chi connectivity index (χ4n) is 3.17. The summed E-state index contributed by atoms with van der Waals surface area (Å²) in [5.41, 5.74) is 0. The SMILES string of the molecule is Cc1ccc(CN2Cc3nccn3CC(CN(C)C)C2)o1. The lowest BCUT2D eigenvalue weighted by Crippen LogP contribution is -2.33. The minimum Gasteiger partial charge on any atom is -0.465 e. The number of nitrogens with zero attached hydrogens (tertiary/aromatic N) is 4. The van der Waals surface area contributed by atoms with Gasteiger partial charge in [-0.2, -0.15) is 0 Å². The van der Waals surface area contributed by atoms with Crippen LogP contribution in [0, 0.1) is 12.8 Å². The van der Waals surface area contributed by atoms with Crippen LogP contribution in [0.15, 0.2) is 28.9 Å². The monoisotopic (exact) mass is 288 g/mol. The molecular weight excluding hydrogens is 264 g/mol. The third-order valence-corrected chi connectivity index (χ3v) is 3.94. The van der Waals surface area contributed by atoms with Crippen LogP contribution in [-0.4, -0.2) is 46.5 Å². The van der Waals surface area contributed by atoms with Gasteiger partial charge in [-0.1, -0.05) is 0 Å². The number of aromatic nitrogens is 2. The highest BCUT2D eigenvalue weighted by Crippen LogP contribution is 2.19. The van der Waals surface area contributed by atoms with E-state index in [0.29, 0.717) is 5.92 Å². The molecule has 3 heterocycles. The molecule has 1 unspecified atom stereocenters. The van der Waals surface area contributed by atoms with Gasteiger partial charge in [0.2, 0.25) is 0 Å². The topological polar surface area (TPSA) is 37.4 Å². The number of imidazole rings is 1. The van der Waals surface area contributed by atoms with Crippen LogP contribution >= 0.6 is 0 Å². The molecule has 5 nitrogen and oxygen atoms in total. The molecule has 1 aliphatic rings. The van der Waals surface area contributed by atoms with Gasteiger partial charge in [0.1, 0.15) is 17.3 Å². The van der Waals surface area contributed by atoms with Crippen LogP contribution in [0.2, 0.25) is 0 Å². The molecule has 1 aliphatic heterocycles. The minimum absolute atomic E-state index is 0.603. The zero-order valence-corrected chi connectivity index (χ0v) is 13.1. The van der Waals surface area contributed by atoms with E-state index in [1.165, 1.54) is 0 Å². The van der Waals surface area contributed by atoms with Crippen LogP contribution in [0.1, 0.15) is 17.3 Å². The number of rotatable bonds is 4. The molecule has 0 fully saturated rings. The highest BCUT2D eigenvalue weighted by Gasteiger charge is 2.23. The molecule has 5 heteroatoms. The summed E-state index contributed by atoms with van der Waals surface area (Å²) in [4.78, 5) is 9.21. The highest BCUT2D eigenvalue weighted by atomic mass is 16.3. The number of aryl methyl sites for hydroxylation is 1. The van der Waals surface area contributed by atoms with E-state index < -0.39 is 0 Å². The first-order chi connectivity index (χ1) is 10.1. The van der Waals surface area contributed by atoms with Crippen molar-refractivity contribution in [1.82, 2.24) is 19.4 Å². The third kappa shape index (κ3) is 3.54. The number of hydrogen-bond acceptors (Lipinski definition) is 4. The average molecular weight is 288 g/mol. The summed E-state index contributed by atoms with van der Waals surface area (Å²) in [6, 6.07) is 4.11. The van der Waals surface area contributed by atoms with Crippen molar-refractivity contribution in [3.8, 4) is 0 Å². The number of fused-ring (bicyclic) bond motifs is 1. The molecule has 3 rings (SSSR count). The quantitative estimate of drug-likeness (QED) is 0.862. The fraction of sp³-hybridized carbons (Fsp3) is 0.562. The fourth-order valence-corrected chi connectivity index (χ4v) is 3.17. The summed E-state index contributed by atoms with van der Waals surface area (Å²) in [5.74, 6) is 3.77. The van der Waals surface area contributed by atoms with E-state index in [-0.39, 0.29) is 0 Å². The second-order valence-corrected chi connectivity index (χ2v) is 6.31. The first-order valence-corrected chi connectivity index (χ1v) is 7.52. The molecule has 2 aromatic rings. The molecule has 0 amide bonds. The number of furan rings is 1. The molecule has 0 radical (unpaired) electrons. The van der Waals surface area contributed by atoms with Crippen LogP contribution in [0.3, 0.4) is 0 Å². The Morgan fingerprint density at radius 1 is 1.33 bits per heavy atom. The Bertz CT molecular complexity index is 587. The summed E-state index contributed by atoms with van der Waals surface area (Å²) in [7, 11) is 4.28. The average Bonchev–Trinajstić information content (AvgIpc) is 2.95. The van der Waals surface area contributed by atoms with Crippen LogP contribution in [-0.2, 0) is 19.6 Å². The second-order valence-electron chi connectivity index (χ2n) is 6.31. The van der Waals surface area contributed by atoms with Crippen molar-refractivity contribution in [1.29, 1.82) is 0 Å². The molecule has 21 heavy (non-hydrogen) atoms. The van der Waals surface area contributed by atoms with Crippen LogP contribution in [0.25, 0.3) is 0 Å². The Balaban J connectivity index is 1.76. The molecule has 1 atom stereocenters. The standard InChI is InChI=1S/C16H24N4O/c1-13-4-5-15(21-13)11-19-9-14(8-18(2)3)10-20-7-6-17-16(20)12-19/h4-7,14H,8-12H2,1-3H3. The van der Waals surface area contributed by atoms with Gasteiger partial charge in [0.25, 0.3) is 0 Å². The lowest BCUT2D eigenvalue weighted by atomic mass is 10.1. The smallest absolute Gasteiger partial charge is 0.122 e. The first-order valence-electron chi connectivity index (χ1n) is 7.52. The van der Waals surface area contributed by atoms with Crippen molar-refractivity contribution in [2.45, 2.75) is 26.6 Å². The van der Waals surface area contributed by atoms with Crippen LogP contribution < -0.4 is 0 Å². The molecule has 0 saturated heterocycles. The van der Waals surface area contributed by atoms with Gasteiger partial charge in [-0.05, 0) is 33.2 Å². The van der Waals surface area contributed by atoms with E-state index in [1.807, 2.05) is 19.2 Å². The van der Waals surface area contributed by atoms with E-state index in [0.717, 1.165) is 50.1 Å². The van der Waals surface area contributed by atoms with Gasteiger partial charge in [0, 0.05) is 37.9 Å². The Morgan fingerprint density at radius 3 is 2.90 bits per heavy atom. The van der Waals surface area contributed by atoms with Gasteiger partial charge in [-0.3, -0.25) is 4.90 Å². The summed E-state index contributed by atoms with van der Waals surface area (Å²) in [6.07, 6.45) is 4.00. The van der Waals surface area contributed by atoms with E-state index in [2.05, 4.69) is 45.7 Å². The maximum absolute atomic E-state index is 5.73. The van der Waals surface area contributed by atoms with E-state index in [1.54, 1.807) is 0 Å². The van der Waals surface area contributed by atoms with Gasteiger partial charge in [0.05, 0.1) is 13.1 Å². The Hall–Kier alpha value is -1.59. The van der Waals surface area contributed by atoms with Gasteiger partial charge in [0.15, 0.2) is 0 Å². The molecule has 0 aromatic carbocycles. The van der Waals surface area contributed by atoms with Crippen LogP contribution in [0.5, 0.6) is 0 Å². The van der Waals surface area contributed by atoms with Crippen molar-refractivity contribution >= 4 is 0 Å². The minimum atomic E-state index is 0.603. The summed E-state index contributed by atoms with van der Waals surface area (Å²) < 4.78 is 8.03. The zero-order chi connectivity index (χ0) is 14.8. The molecule has 0 bridgehead atoms. The maximum Gasteiger partial charge on any atom is 0.122 e. The first kappa shape index (κ1) is 14.4. The summed E-state index contributed by atoms with van der Waals surface area (Å²) >= 11 is 0. The normalized spacial score (nSPS) is 19.7. The van der Waals surface area contributed by atoms with Gasteiger partial charge < -0.3 is 13.9 Å². The second kappa shape index (κ2) is 6.03. The van der Waals surface area contributed by atoms with E-state index in [4.69, 9.17) is 4.42 Å². The van der Waals surface area contributed by atoms with Crippen molar-refractivity contribution in [2.75, 3.05) is 27.2 Å². The van der Waals surface area contributed by atoms with Crippen molar-refractivity contribution < 1.29 is 4.42 Å². The predicted molar refractivity (Wildman–Crippen MR) is 81.8 cm³/mol. The maximum atomic E-state index is 5.73. The number of hydrogen-bond donors (Lipinski definition) is 0. The molecule has 0 saturated carbocycles. The van der Waals surface area contributed by atoms with Crippen molar-refractivity contribution in [2.24, 2.45) is 5.92 Å². The molecule has 0 N–H and O–H groups in total. The van der Waals surface area contributed by atoms with E-state index in [9.17, 15) is 0 Å². The molecular formula is C16H24N4O. The van der Waals surface area contributed by atoms with Crippen molar-refractivity contribution in [3.63, 3.8) is 0 Å². The van der Waals surface area contributed by atoms with Crippen LogP contribution in [0.4, 0.5) is 0 Å². The lowest BCUT2D eigenvalue weighted by molar-refractivity contribution is 0.182. The Labute approximate surface area is 126 Å². The largest absolute Gasteiger partial charge is 0.465 e. The van der Waals surface area contributed by atoms with Gasteiger partial charge in [-0.15, -0.1) is 0 Å². The molecule has 2 aromatic heterocycles. The summed E-state index contributed by atoms with van der Waals surface area (Å²) in [5, 5.41) is 0. The van der Waals surface area contributed by atoms with Crippen molar-refractivity contribution in [3.05, 3.63) is 41.9 Å². The van der Waals surface area contributed by atoms with Gasteiger partial charge >= 0.3 is 0 Å². The summed E-state index contributed by atoms with van der Waals surface area (Å²) in [6.45, 7) is 6.93. The van der Waals surface area contributed by atoms with E-state index >= 15 is 0 Å². The Morgan fingerprint density at radius 2 is 2.19 bits per heavy atom.